The van der Waals surface area contributed by atoms with Gasteiger partial charge in [-0.05, 0) is 31.6 Å². The first-order chi connectivity index (χ1) is 8.98. The van der Waals surface area contributed by atoms with Crippen molar-refractivity contribution in [2.24, 2.45) is 0 Å². The molecule has 0 fully saturated rings. The summed E-state index contributed by atoms with van der Waals surface area (Å²) < 4.78 is 30.6. The molecule has 1 aliphatic heterocycles. The molecule has 0 unspecified atom stereocenters. The smallest absolute Gasteiger partial charge is 0.205 e. The number of hydrogen-bond donors (Lipinski definition) is 1. The van der Waals surface area contributed by atoms with Crippen molar-refractivity contribution in [1.29, 1.82) is 0 Å². The minimum Gasteiger partial charge on any atom is -0.393 e. The maximum absolute atomic E-state index is 12.5. The number of aliphatic hydroxyl groups excluding tert-OH is 1. The summed E-state index contributed by atoms with van der Waals surface area (Å²) in [5, 5.41) is 9.11. The van der Waals surface area contributed by atoms with Crippen LogP contribution in [0.15, 0.2) is 40.1 Å². The molecule has 1 heterocycles. The van der Waals surface area contributed by atoms with E-state index >= 15 is 0 Å². The minimum atomic E-state index is -3.53. The third-order valence-corrected chi connectivity index (χ3v) is 5.11. The molecule has 0 spiro atoms. The van der Waals surface area contributed by atoms with Crippen molar-refractivity contribution in [3.8, 4) is 0 Å². The van der Waals surface area contributed by atoms with Crippen molar-refractivity contribution < 1.29 is 18.3 Å². The molecule has 1 N–H and O–H groups in total. The molecule has 0 aromatic heterocycles. The van der Waals surface area contributed by atoms with Crippen molar-refractivity contribution in [3.05, 3.63) is 40.8 Å². The molecule has 1 aromatic carbocycles. The Morgan fingerprint density at radius 2 is 1.89 bits per heavy atom. The van der Waals surface area contributed by atoms with Gasteiger partial charge in [-0.15, -0.1) is 0 Å². The van der Waals surface area contributed by atoms with E-state index in [1.165, 1.54) is 6.08 Å². The zero-order valence-electron chi connectivity index (χ0n) is 11.0. The van der Waals surface area contributed by atoms with E-state index in [1.54, 1.807) is 24.3 Å². The lowest BCUT2D eigenvalue weighted by molar-refractivity contribution is 0.0233. The summed E-state index contributed by atoms with van der Waals surface area (Å²) in [6, 6.07) is 6.75. The van der Waals surface area contributed by atoms with Crippen LogP contribution in [0.25, 0.3) is 0 Å². The van der Waals surface area contributed by atoms with Crippen LogP contribution in [-0.2, 0) is 14.6 Å². The average molecular weight is 282 g/mol. The van der Waals surface area contributed by atoms with Crippen LogP contribution in [-0.4, -0.2) is 32.3 Å². The zero-order valence-corrected chi connectivity index (χ0v) is 11.9. The molecule has 4 nitrogen and oxygen atoms in total. The van der Waals surface area contributed by atoms with Gasteiger partial charge in [0.2, 0.25) is 9.84 Å². The van der Waals surface area contributed by atoms with Gasteiger partial charge in [-0.3, -0.25) is 0 Å². The number of ether oxygens (including phenoxy) is 1. The summed E-state index contributed by atoms with van der Waals surface area (Å²) in [4.78, 5) is 0.530. The van der Waals surface area contributed by atoms with E-state index in [4.69, 9.17) is 9.84 Å². The Morgan fingerprint density at radius 3 is 2.42 bits per heavy atom. The van der Waals surface area contributed by atoms with Crippen LogP contribution in [0.1, 0.15) is 18.9 Å². The predicted molar refractivity (Wildman–Crippen MR) is 72.5 cm³/mol. The van der Waals surface area contributed by atoms with Crippen molar-refractivity contribution >= 4 is 9.84 Å². The highest BCUT2D eigenvalue weighted by molar-refractivity contribution is 7.95. The lowest BCUT2D eigenvalue weighted by Gasteiger charge is -2.14. The van der Waals surface area contributed by atoms with Gasteiger partial charge in [0.25, 0.3) is 0 Å². The lowest BCUT2D eigenvalue weighted by Crippen LogP contribution is -2.19. The van der Waals surface area contributed by atoms with Gasteiger partial charge in [0, 0.05) is 0 Å². The van der Waals surface area contributed by atoms with E-state index in [0.29, 0.717) is 6.42 Å². The maximum Gasteiger partial charge on any atom is 0.205 e. The van der Waals surface area contributed by atoms with Crippen molar-refractivity contribution in [2.75, 3.05) is 6.61 Å². The molecule has 104 valence electrons. The normalized spacial score (nSPS) is 23.4. The second kappa shape index (κ2) is 5.45. The number of aliphatic hydroxyl groups is 1. The van der Waals surface area contributed by atoms with Gasteiger partial charge in [0.15, 0.2) is 0 Å². The van der Waals surface area contributed by atoms with E-state index in [2.05, 4.69) is 0 Å². The molecule has 0 bridgehead atoms. The number of rotatable bonds is 4. The predicted octanol–water partition coefficient (Wildman–Crippen LogP) is 1.82. The summed E-state index contributed by atoms with van der Waals surface area (Å²) in [5.74, 6) is 0. The van der Waals surface area contributed by atoms with Crippen molar-refractivity contribution in [2.45, 2.75) is 37.4 Å². The van der Waals surface area contributed by atoms with Gasteiger partial charge in [0.1, 0.15) is 6.10 Å². The number of benzene rings is 1. The third kappa shape index (κ3) is 2.73. The topological polar surface area (TPSA) is 63.6 Å². The SMILES string of the molecule is CC[C@@H]1O[C@@H](CO)C=C1S(=O)(=O)c1ccc(C)cc1. The minimum absolute atomic E-state index is 0.205. The monoisotopic (exact) mass is 282 g/mol. The van der Waals surface area contributed by atoms with E-state index in [-0.39, 0.29) is 16.4 Å². The summed E-state index contributed by atoms with van der Waals surface area (Å²) in [6.07, 6.45) is 1.08. The van der Waals surface area contributed by atoms with Crippen LogP contribution in [0.2, 0.25) is 0 Å². The average Bonchev–Trinajstić information content (AvgIpc) is 2.83. The Kier molecular flexibility index (Phi) is 4.08. The molecular formula is C14H18O4S. The van der Waals surface area contributed by atoms with E-state index in [0.717, 1.165) is 5.56 Å². The Morgan fingerprint density at radius 1 is 1.26 bits per heavy atom. The summed E-state index contributed by atoms with van der Waals surface area (Å²) >= 11 is 0. The summed E-state index contributed by atoms with van der Waals surface area (Å²) in [5.41, 5.74) is 1.01. The van der Waals surface area contributed by atoms with Crippen LogP contribution < -0.4 is 0 Å². The molecule has 0 radical (unpaired) electrons. The molecule has 2 rings (SSSR count). The Labute approximate surface area is 113 Å². The Hall–Kier alpha value is -1.17. The van der Waals surface area contributed by atoms with Gasteiger partial charge in [-0.1, -0.05) is 24.6 Å². The standard InChI is InChI=1S/C14H18O4S/c1-3-13-14(8-11(9-15)18-13)19(16,17)12-6-4-10(2)5-7-12/h4-8,11,13,15H,3,9H2,1-2H3/t11-,13+/m1/s1. The number of hydrogen-bond acceptors (Lipinski definition) is 4. The van der Waals surface area contributed by atoms with E-state index < -0.39 is 22.0 Å². The first-order valence-corrected chi connectivity index (χ1v) is 7.77. The van der Waals surface area contributed by atoms with E-state index in [9.17, 15) is 8.42 Å². The summed E-state index contributed by atoms with van der Waals surface area (Å²) in [6.45, 7) is 3.57. The quantitative estimate of drug-likeness (QED) is 0.915. The maximum atomic E-state index is 12.5. The Bertz CT molecular complexity index is 572. The molecule has 0 amide bonds. The van der Waals surface area contributed by atoms with Gasteiger partial charge in [-0.25, -0.2) is 8.42 Å². The fraction of sp³-hybridized carbons (Fsp3) is 0.429. The Balaban J connectivity index is 2.41. The fourth-order valence-corrected chi connectivity index (χ4v) is 3.78. The number of sulfone groups is 1. The van der Waals surface area contributed by atoms with Crippen molar-refractivity contribution in [3.63, 3.8) is 0 Å². The molecule has 0 saturated heterocycles. The number of aryl methyl sites for hydroxylation is 1. The largest absolute Gasteiger partial charge is 0.393 e. The van der Waals surface area contributed by atoms with Gasteiger partial charge in [0.05, 0.1) is 22.5 Å². The highest BCUT2D eigenvalue weighted by atomic mass is 32.2. The zero-order chi connectivity index (χ0) is 14.0. The molecular weight excluding hydrogens is 264 g/mol. The highest BCUT2D eigenvalue weighted by Gasteiger charge is 2.34. The highest BCUT2D eigenvalue weighted by Crippen LogP contribution is 2.31. The molecule has 0 saturated carbocycles. The van der Waals surface area contributed by atoms with Crippen LogP contribution in [0.4, 0.5) is 0 Å². The van der Waals surface area contributed by atoms with Crippen LogP contribution in [0.5, 0.6) is 0 Å². The molecule has 2 atom stereocenters. The van der Waals surface area contributed by atoms with Gasteiger partial charge in [-0.2, -0.15) is 0 Å². The molecule has 1 aromatic rings. The second-order valence-electron chi connectivity index (χ2n) is 4.64. The summed E-state index contributed by atoms with van der Waals surface area (Å²) in [7, 11) is -3.53. The van der Waals surface area contributed by atoms with Gasteiger partial charge < -0.3 is 9.84 Å². The lowest BCUT2D eigenvalue weighted by atomic mass is 10.2. The molecule has 19 heavy (non-hydrogen) atoms. The van der Waals surface area contributed by atoms with E-state index in [1.807, 2.05) is 13.8 Å². The van der Waals surface area contributed by atoms with Crippen molar-refractivity contribution in [1.82, 2.24) is 0 Å². The van der Waals surface area contributed by atoms with Gasteiger partial charge >= 0.3 is 0 Å². The van der Waals surface area contributed by atoms with Crippen LogP contribution in [0, 0.1) is 6.92 Å². The molecule has 5 heteroatoms. The first-order valence-electron chi connectivity index (χ1n) is 6.28. The fourth-order valence-electron chi connectivity index (χ4n) is 2.12. The second-order valence-corrected chi connectivity index (χ2v) is 6.59. The van der Waals surface area contributed by atoms with Crippen LogP contribution in [0.3, 0.4) is 0 Å². The van der Waals surface area contributed by atoms with Crippen LogP contribution >= 0.6 is 0 Å². The third-order valence-electron chi connectivity index (χ3n) is 3.20. The molecule has 1 aliphatic rings. The molecule has 0 aliphatic carbocycles. The first kappa shape index (κ1) is 14.2.